The van der Waals surface area contributed by atoms with Gasteiger partial charge in [-0.2, -0.15) is 0 Å². The molecule has 0 saturated heterocycles. The SMILES string of the molecule is Cc1nc(NS(=O)(=O)c2sc(Cl)nc2C)ccc1Br. The van der Waals surface area contributed by atoms with Crippen molar-refractivity contribution in [1.82, 2.24) is 9.97 Å². The van der Waals surface area contributed by atoms with Gasteiger partial charge in [0.25, 0.3) is 10.0 Å². The zero-order valence-corrected chi connectivity index (χ0v) is 13.9. The molecule has 0 aliphatic heterocycles. The maximum atomic E-state index is 12.2. The number of sulfonamides is 1. The first kappa shape index (κ1) is 14.7. The lowest BCUT2D eigenvalue weighted by Gasteiger charge is -2.07. The number of aromatic nitrogens is 2. The Balaban J connectivity index is 2.36. The van der Waals surface area contributed by atoms with Gasteiger partial charge in [0.2, 0.25) is 0 Å². The van der Waals surface area contributed by atoms with Crippen molar-refractivity contribution in [3.05, 3.63) is 32.5 Å². The third-order valence-corrected chi connectivity index (χ3v) is 6.30. The Bertz CT molecular complexity index is 730. The van der Waals surface area contributed by atoms with Gasteiger partial charge in [-0.25, -0.2) is 18.4 Å². The van der Waals surface area contributed by atoms with Gasteiger partial charge in [-0.05, 0) is 41.9 Å². The van der Waals surface area contributed by atoms with Gasteiger partial charge < -0.3 is 0 Å². The zero-order chi connectivity index (χ0) is 14.2. The summed E-state index contributed by atoms with van der Waals surface area (Å²) in [5.74, 6) is 0.254. The quantitative estimate of drug-likeness (QED) is 0.883. The molecule has 5 nitrogen and oxygen atoms in total. The standard InChI is InChI=1S/C10H9BrClN3O2S2/c1-5-7(11)3-4-8(13-5)15-19(16,17)9-6(2)14-10(12)18-9/h3-4H,1-2H3,(H,13,15). The first-order valence-corrected chi connectivity index (χ1v) is 8.55. The molecule has 0 spiro atoms. The molecule has 0 aromatic carbocycles. The first-order chi connectivity index (χ1) is 8.79. The van der Waals surface area contributed by atoms with Crippen LogP contribution in [-0.2, 0) is 10.0 Å². The smallest absolute Gasteiger partial charge is 0.263 e. The van der Waals surface area contributed by atoms with Crippen molar-refractivity contribution >= 4 is 54.7 Å². The molecule has 0 radical (unpaired) electrons. The van der Waals surface area contributed by atoms with Crippen LogP contribution in [0.5, 0.6) is 0 Å². The molecule has 0 amide bonds. The molecule has 102 valence electrons. The van der Waals surface area contributed by atoms with Crippen molar-refractivity contribution in [3.63, 3.8) is 0 Å². The summed E-state index contributed by atoms with van der Waals surface area (Å²) in [7, 11) is -3.71. The second-order valence-corrected chi connectivity index (χ2v) is 8.02. The maximum absolute atomic E-state index is 12.2. The van der Waals surface area contributed by atoms with E-state index in [4.69, 9.17) is 11.6 Å². The van der Waals surface area contributed by atoms with E-state index in [0.29, 0.717) is 11.4 Å². The molecule has 0 saturated carbocycles. The van der Waals surface area contributed by atoms with Gasteiger partial charge in [0.1, 0.15) is 5.82 Å². The largest absolute Gasteiger partial charge is 0.274 e. The molecule has 9 heteroatoms. The number of nitrogens with one attached hydrogen (secondary N) is 1. The number of nitrogens with zero attached hydrogens (tertiary/aromatic N) is 2. The summed E-state index contributed by atoms with van der Waals surface area (Å²) in [5, 5.41) is 0. The van der Waals surface area contributed by atoms with Crippen LogP contribution < -0.4 is 4.72 Å². The number of halogens is 2. The van der Waals surface area contributed by atoms with E-state index in [1.165, 1.54) is 0 Å². The fraction of sp³-hybridized carbons (Fsp3) is 0.200. The first-order valence-electron chi connectivity index (χ1n) is 5.08. The van der Waals surface area contributed by atoms with E-state index in [9.17, 15) is 8.42 Å². The summed E-state index contributed by atoms with van der Waals surface area (Å²) in [6.45, 7) is 3.37. The van der Waals surface area contributed by atoms with Crippen LogP contribution in [0.4, 0.5) is 5.82 Å². The monoisotopic (exact) mass is 381 g/mol. The molecule has 2 heterocycles. The Labute approximate surface area is 128 Å². The highest BCUT2D eigenvalue weighted by molar-refractivity contribution is 9.10. The van der Waals surface area contributed by atoms with Crippen LogP contribution in [0, 0.1) is 13.8 Å². The number of hydrogen-bond acceptors (Lipinski definition) is 5. The Morgan fingerprint density at radius 1 is 1.26 bits per heavy atom. The van der Waals surface area contributed by atoms with Crippen LogP contribution in [0.1, 0.15) is 11.4 Å². The Hall–Kier alpha value is -0.700. The van der Waals surface area contributed by atoms with Gasteiger partial charge in [0.05, 0.1) is 11.4 Å². The summed E-state index contributed by atoms with van der Waals surface area (Å²) in [6.07, 6.45) is 0. The molecular weight excluding hydrogens is 374 g/mol. The third-order valence-electron chi connectivity index (χ3n) is 2.23. The van der Waals surface area contributed by atoms with Crippen molar-refractivity contribution < 1.29 is 8.42 Å². The fourth-order valence-electron chi connectivity index (χ4n) is 1.38. The lowest BCUT2D eigenvalue weighted by atomic mass is 10.4. The lowest BCUT2D eigenvalue weighted by molar-refractivity contribution is 0.602. The molecule has 2 rings (SSSR count). The van der Waals surface area contributed by atoms with Crippen LogP contribution in [0.15, 0.2) is 20.8 Å². The maximum Gasteiger partial charge on any atom is 0.274 e. The molecule has 0 bridgehead atoms. The second-order valence-electron chi connectivity index (χ2n) is 3.71. The molecular formula is C10H9BrClN3O2S2. The van der Waals surface area contributed by atoms with Gasteiger partial charge >= 0.3 is 0 Å². The Kier molecular flexibility index (Phi) is 4.14. The summed E-state index contributed by atoms with van der Waals surface area (Å²) >= 11 is 9.93. The predicted molar refractivity (Wildman–Crippen MR) is 79.3 cm³/mol. The molecule has 0 aliphatic rings. The molecule has 2 aromatic heterocycles. The molecule has 0 aliphatic carbocycles. The van der Waals surface area contributed by atoms with Gasteiger partial charge in [0, 0.05) is 4.47 Å². The van der Waals surface area contributed by atoms with Crippen molar-refractivity contribution in [1.29, 1.82) is 0 Å². The zero-order valence-electron chi connectivity index (χ0n) is 9.94. The van der Waals surface area contributed by atoms with Gasteiger partial charge in [0.15, 0.2) is 8.68 Å². The summed E-state index contributed by atoms with van der Waals surface area (Å²) in [5.41, 5.74) is 1.07. The fourth-order valence-corrected chi connectivity index (χ4v) is 4.35. The number of thiazole rings is 1. The normalized spacial score (nSPS) is 11.6. The molecule has 0 atom stereocenters. The van der Waals surface area contributed by atoms with Crippen LogP contribution in [0.3, 0.4) is 0 Å². The number of aryl methyl sites for hydroxylation is 2. The summed E-state index contributed by atoms with van der Waals surface area (Å²) in [4.78, 5) is 8.02. The lowest BCUT2D eigenvalue weighted by Crippen LogP contribution is -2.14. The van der Waals surface area contributed by atoms with Crippen molar-refractivity contribution in [2.45, 2.75) is 18.1 Å². The average Bonchev–Trinajstić information content (AvgIpc) is 2.63. The van der Waals surface area contributed by atoms with Crippen LogP contribution in [0.25, 0.3) is 0 Å². The summed E-state index contributed by atoms with van der Waals surface area (Å²) in [6, 6.07) is 3.30. The Morgan fingerprint density at radius 2 is 1.95 bits per heavy atom. The number of anilines is 1. The highest BCUT2D eigenvalue weighted by Crippen LogP contribution is 2.28. The van der Waals surface area contributed by atoms with E-state index >= 15 is 0 Å². The minimum atomic E-state index is -3.71. The topological polar surface area (TPSA) is 72.0 Å². The van der Waals surface area contributed by atoms with Crippen LogP contribution in [-0.4, -0.2) is 18.4 Å². The van der Waals surface area contributed by atoms with Gasteiger partial charge in [-0.15, -0.1) is 0 Å². The van der Waals surface area contributed by atoms with Crippen molar-refractivity contribution in [3.8, 4) is 0 Å². The van der Waals surface area contributed by atoms with Crippen molar-refractivity contribution in [2.75, 3.05) is 4.72 Å². The van der Waals surface area contributed by atoms with E-state index in [2.05, 4.69) is 30.6 Å². The van der Waals surface area contributed by atoms with E-state index in [1.54, 1.807) is 26.0 Å². The molecule has 19 heavy (non-hydrogen) atoms. The van der Waals surface area contributed by atoms with E-state index in [0.717, 1.165) is 15.8 Å². The minimum absolute atomic E-state index is 0.0971. The van der Waals surface area contributed by atoms with E-state index < -0.39 is 10.0 Å². The number of pyridine rings is 1. The number of hydrogen-bond donors (Lipinski definition) is 1. The van der Waals surface area contributed by atoms with Crippen LogP contribution >= 0.6 is 38.9 Å². The number of rotatable bonds is 3. The van der Waals surface area contributed by atoms with Gasteiger partial charge in [-0.1, -0.05) is 22.9 Å². The van der Waals surface area contributed by atoms with Gasteiger partial charge in [-0.3, -0.25) is 4.72 Å². The molecule has 1 N–H and O–H groups in total. The second kappa shape index (κ2) is 5.35. The van der Waals surface area contributed by atoms with E-state index in [-0.39, 0.29) is 14.5 Å². The molecule has 0 unspecified atom stereocenters. The predicted octanol–water partition coefficient (Wildman–Crippen LogP) is 3.37. The highest BCUT2D eigenvalue weighted by Gasteiger charge is 2.22. The Morgan fingerprint density at radius 3 is 2.47 bits per heavy atom. The third kappa shape index (κ3) is 3.25. The van der Waals surface area contributed by atoms with E-state index in [1.807, 2.05) is 0 Å². The average molecular weight is 383 g/mol. The minimum Gasteiger partial charge on any atom is -0.263 e. The van der Waals surface area contributed by atoms with Crippen molar-refractivity contribution in [2.24, 2.45) is 0 Å². The highest BCUT2D eigenvalue weighted by atomic mass is 79.9. The molecule has 2 aromatic rings. The molecule has 0 fully saturated rings. The van der Waals surface area contributed by atoms with Crippen LogP contribution in [0.2, 0.25) is 4.47 Å². The summed E-state index contributed by atoms with van der Waals surface area (Å²) < 4.78 is 27.9.